The van der Waals surface area contributed by atoms with Gasteiger partial charge in [-0.15, -0.1) is 0 Å². The Bertz CT molecular complexity index is 929. The van der Waals surface area contributed by atoms with Crippen LogP contribution in [-0.4, -0.2) is 20.1 Å². The predicted molar refractivity (Wildman–Crippen MR) is 108 cm³/mol. The first-order valence-corrected chi connectivity index (χ1v) is 8.59. The molecule has 3 aromatic rings. The largest absolute Gasteiger partial charge is 0.423 e. The van der Waals surface area contributed by atoms with E-state index in [0.29, 0.717) is 17.0 Å². The fourth-order valence-electron chi connectivity index (χ4n) is 2.37. The molecule has 0 bridgehead atoms. The molecule has 3 aromatic carbocycles. The molecule has 0 spiro atoms. The molecule has 0 fully saturated rings. The molecule has 0 aliphatic rings. The van der Waals surface area contributed by atoms with Crippen molar-refractivity contribution in [2.45, 2.75) is 6.92 Å². The van der Waals surface area contributed by atoms with Crippen LogP contribution in [0.15, 0.2) is 83.0 Å². The molecule has 0 N–H and O–H groups in total. The van der Waals surface area contributed by atoms with Crippen molar-refractivity contribution in [1.29, 1.82) is 0 Å². The van der Waals surface area contributed by atoms with Crippen molar-refractivity contribution in [3.05, 3.63) is 83.9 Å². The van der Waals surface area contributed by atoms with Gasteiger partial charge in [0.2, 0.25) is 0 Å². The van der Waals surface area contributed by atoms with Gasteiger partial charge in [0, 0.05) is 19.8 Å². The Labute approximate surface area is 158 Å². The summed E-state index contributed by atoms with van der Waals surface area (Å²) < 4.78 is 5.36. The van der Waals surface area contributed by atoms with Gasteiger partial charge in [-0.3, -0.25) is 0 Å². The summed E-state index contributed by atoms with van der Waals surface area (Å²) in [6.07, 6.45) is 0. The van der Waals surface area contributed by atoms with Gasteiger partial charge in [-0.25, -0.2) is 4.79 Å². The number of anilines is 1. The van der Waals surface area contributed by atoms with Gasteiger partial charge in [-0.1, -0.05) is 17.7 Å². The van der Waals surface area contributed by atoms with E-state index in [9.17, 15) is 4.79 Å². The summed E-state index contributed by atoms with van der Waals surface area (Å²) in [5.74, 6) is 0.122. The summed E-state index contributed by atoms with van der Waals surface area (Å²) >= 11 is 0. The van der Waals surface area contributed by atoms with Crippen LogP contribution in [0.25, 0.3) is 0 Å². The molecule has 0 saturated carbocycles. The van der Waals surface area contributed by atoms with Crippen molar-refractivity contribution in [1.82, 2.24) is 0 Å². The smallest absolute Gasteiger partial charge is 0.343 e. The Hall–Kier alpha value is -3.47. The highest BCUT2D eigenvalue weighted by molar-refractivity contribution is 5.91. The number of azo groups is 1. The minimum Gasteiger partial charge on any atom is -0.423 e. The third-order valence-electron chi connectivity index (χ3n) is 3.98. The summed E-state index contributed by atoms with van der Waals surface area (Å²) in [4.78, 5) is 14.2. The Morgan fingerprint density at radius 1 is 0.778 bits per heavy atom. The standard InChI is InChI=1S/C22H21N3O2/c1-16-4-14-21(15-5-16)27-22(26)17-6-8-18(9-7-17)23-24-19-10-12-20(13-11-19)25(2)3/h4-15H,1-3H3. The monoisotopic (exact) mass is 359 g/mol. The number of aryl methyl sites for hydroxylation is 1. The molecule has 0 aliphatic heterocycles. The fourth-order valence-corrected chi connectivity index (χ4v) is 2.37. The van der Waals surface area contributed by atoms with Crippen LogP contribution < -0.4 is 9.64 Å². The summed E-state index contributed by atoms with van der Waals surface area (Å²) in [7, 11) is 3.98. The molecule has 0 atom stereocenters. The number of rotatable bonds is 5. The number of hydrogen-bond acceptors (Lipinski definition) is 5. The van der Waals surface area contributed by atoms with Crippen molar-refractivity contribution in [2.24, 2.45) is 10.2 Å². The van der Waals surface area contributed by atoms with Gasteiger partial charge < -0.3 is 9.64 Å². The number of nitrogens with zero attached hydrogens (tertiary/aromatic N) is 3. The van der Waals surface area contributed by atoms with Gasteiger partial charge in [0.1, 0.15) is 5.75 Å². The molecule has 0 aromatic heterocycles. The topological polar surface area (TPSA) is 54.3 Å². The quantitative estimate of drug-likeness (QED) is 0.334. The Morgan fingerprint density at radius 3 is 1.81 bits per heavy atom. The molecule has 136 valence electrons. The minimum absolute atomic E-state index is 0.401. The van der Waals surface area contributed by atoms with Crippen LogP contribution in [0.3, 0.4) is 0 Å². The molecule has 27 heavy (non-hydrogen) atoms. The zero-order chi connectivity index (χ0) is 19.2. The van der Waals surface area contributed by atoms with Crippen molar-refractivity contribution >= 4 is 23.0 Å². The SMILES string of the molecule is Cc1ccc(OC(=O)c2ccc(N=Nc3ccc(N(C)C)cc3)cc2)cc1. The van der Waals surface area contributed by atoms with Crippen LogP contribution in [-0.2, 0) is 0 Å². The first-order chi connectivity index (χ1) is 13.0. The zero-order valence-electron chi connectivity index (χ0n) is 15.6. The van der Waals surface area contributed by atoms with Crippen LogP contribution in [0.2, 0.25) is 0 Å². The average Bonchev–Trinajstić information content (AvgIpc) is 2.69. The van der Waals surface area contributed by atoms with Crippen LogP contribution in [0.4, 0.5) is 17.1 Å². The maximum Gasteiger partial charge on any atom is 0.343 e. The lowest BCUT2D eigenvalue weighted by molar-refractivity contribution is 0.0735. The molecular formula is C22H21N3O2. The van der Waals surface area contributed by atoms with E-state index in [1.54, 1.807) is 36.4 Å². The molecule has 3 rings (SSSR count). The summed E-state index contributed by atoms with van der Waals surface area (Å²) in [6, 6.07) is 22.0. The molecule has 0 radical (unpaired) electrons. The molecule has 5 nitrogen and oxygen atoms in total. The Kier molecular flexibility index (Phi) is 5.61. The molecule has 0 aliphatic carbocycles. The van der Waals surface area contributed by atoms with E-state index in [1.807, 2.05) is 62.3 Å². The third-order valence-corrected chi connectivity index (χ3v) is 3.98. The number of benzene rings is 3. The molecule has 5 heteroatoms. The van der Waals surface area contributed by atoms with Gasteiger partial charge in [0.25, 0.3) is 0 Å². The number of hydrogen-bond donors (Lipinski definition) is 0. The first-order valence-electron chi connectivity index (χ1n) is 8.59. The van der Waals surface area contributed by atoms with Gasteiger partial charge in [-0.2, -0.15) is 10.2 Å². The minimum atomic E-state index is -0.401. The van der Waals surface area contributed by atoms with E-state index >= 15 is 0 Å². The molecular weight excluding hydrogens is 338 g/mol. The summed E-state index contributed by atoms with van der Waals surface area (Å²) in [5, 5.41) is 8.42. The van der Waals surface area contributed by atoms with Crippen LogP contribution in [0, 0.1) is 6.92 Å². The van der Waals surface area contributed by atoms with Crippen LogP contribution >= 0.6 is 0 Å². The van der Waals surface area contributed by atoms with Crippen LogP contribution in [0.5, 0.6) is 5.75 Å². The zero-order valence-corrected chi connectivity index (χ0v) is 15.6. The first kappa shape index (κ1) is 18.3. The number of carbonyl (C=O) groups is 1. The van der Waals surface area contributed by atoms with E-state index in [2.05, 4.69) is 10.2 Å². The van der Waals surface area contributed by atoms with Crippen molar-refractivity contribution in [3.8, 4) is 5.75 Å². The van der Waals surface area contributed by atoms with Crippen molar-refractivity contribution < 1.29 is 9.53 Å². The molecule has 0 heterocycles. The normalized spacial score (nSPS) is 10.8. The highest BCUT2D eigenvalue weighted by atomic mass is 16.5. The second-order valence-corrected chi connectivity index (χ2v) is 6.36. The summed E-state index contributed by atoms with van der Waals surface area (Å²) in [5.41, 5.74) is 4.11. The highest BCUT2D eigenvalue weighted by Crippen LogP contribution is 2.22. The maximum atomic E-state index is 12.2. The lowest BCUT2D eigenvalue weighted by atomic mass is 10.2. The Balaban J connectivity index is 1.64. The maximum absolute atomic E-state index is 12.2. The number of ether oxygens (including phenoxy) is 1. The van der Waals surface area contributed by atoms with E-state index in [0.717, 1.165) is 16.9 Å². The number of carbonyl (C=O) groups excluding carboxylic acids is 1. The second kappa shape index (κ2) is 8.27. The average molecular weight is 359 g/mol. The molecule has 0 amide bonds. The van der Waals surface area contributed by atoms with E-state index in [4.69, 9.17) is 4.74 Å². The van der Waals surface area contributed by atoms with Gasteiger partial charge in [-0.05, 0) is 67.6 Å². The molecule has 0 saturated heterocycles. The summed E-state index contributed by atoms with van der Waals surface area (Å²) in [6.45, 7) is 1.98. The molecule has 0 unspecified atom stereocenters. The van der Waals surface area contributed by atoms with Crippen molar-refractivity contribution in [3.63, 3.8) is 0 Å². The highest BCUT2D eigenvalue weighted by Gasteiger charge is 2.08. The van der Waals surface area contributed by atoms with Gasteiger partial charge >= 0.3 is 5.97 Å². The Morgan fingerprint density at radius 2 is 1.30 bits per heavy atom. The lowest BCUT2D eigenvalue weighted by Crippen LogP contribution is -2.07. The predicted octanol–water partition coefficient (Wildman–Crippen LogP) is 5.70. The third kappa shape index (κ3) is 5.01. The van der Waals surface area contributed by atoms with E-state index in [1.165, 1.54) is 0 Å². The van der Waals surface area contributed by atoms with Crippen LogP contribution in [0.1, 0.15) is 15.9 Å². The van der Waals surface area contributed by atoms with Crippen molar-refractivity contribution in [2.75, 3.05) is 19.0 Å². The van der Waals surface area contributed by atoms with Gasteiger partial charge in [0.05, 0.1) is 16.9 Å². The van der Waals surface area contributed by atoms with Gasteiger partial charge in [0.15, 0.2) is 0 Å². The lowest BCUT2D eigenvalue weighted by Gasteiger charge is -2.11. The van der Waals surface area contributed by atoms with E-state index < -0.39 is 5.97 Å². The van der Waals surface area contributed by atoms with E-state index in [-0.39, 0.29) is 0 Å². The second-order valence-electron chi connectivity index (χ2n) is 6.36. The number of esters is 1. The fraction of sp³-hybridized carbons (Fsp3) is 0.136.